The summed E-state index contributed by atoms with van der Waals surface area (Å²) in [5.41, 5.74) is 2.11. The van der Waals surface area contributed by atoms with E-state index in [9.17, 15) is 0 Å². The third-order valence-corrected chi connectivity index (χ3v) is 3.22. The molecule has 16 heavy (non-hydrogen) atoms. The summed E-state index contributed by atoms with van der Waals surface area (Å²) in [6.45, 7) is 2.07. The predicted octanol–water partition coefficient (Wildman–Crippen LogP) is 1.88. The Labute approximate surface area is 99.4 Å². The summed E-state index contributed by atoms with van der Waals surface area (Å²) in [6, 6.07) is 3.90. The highest BCUT2D eigenvalue weighted by Gasteiger charge is 2.22. The molecule has 0 bridgehead atoms. The van der Waals surface area contributed by atoms with Crippen molar-refractivity contribution in [2.75, 3.05) is 13.1 Å². The number of rotatable bonds is 1. The second-order valence-electron chi connectivity index (χ2n) is 3.92. The van der Waals surface area contributed by atoms with Crippen LogP contribution in [0.4, 0.5) is 0 Å². The molecule has 1 aromatic heterocycles. The summed E-state index contributed by atoms with van der Waals surface area (Å²) >= 11 is 6.08. The molecule has 1 N–H and O–H groups in total. The summed E-state index contributed by atoms with van der Waals surface area (Å²) in [5, 5.41) is 3.95. The van der Waals surface area contributed by atoms with Gasteiger partial charge in [-0.1, -0.05) is 17.7 Å². The number of aromatic nitrogens is 1. The van der Waals surface area contributed by atoms with Gasteiger partial charge in [0.2, 0.25) is 0 Å². The Kier molecular flexibility index (Phi) is 2.42. The van der Waals surface area contributed by atoms with Crippen molar-refractivity contribution < 1.29 is 0 Å². The van der Waals surface area contributed by atoms with Crippen LogP contribution in [0.1, 0.15) is 5.56 Å². The lowest BCUT2D eigenvalue weighted by Crippen LogP contribution is -2.31. The fourth-order valence-electron chi connectivity index (χ4n) is 2.10. The van der Waals surface area contributed by atoms with Crippen LogP contribution in [0.2, 0.25) is 5.15 Å². The number of hydrogen-bond donors (Lipinski definition) is 1. The SMILES string of the molecule is Clc1ncccc1C1=CN2CCNC2C=C1. The molecule has 1 atom stereocenters. The van der Waals surface area contributed by atoms with Crippen LogP contribution < -0.4 is 5.32 Å². The Bertz CT molecular complexity index is 467. The molecule has 4 heteroatoms. The summed E-state index contributed by atoms with van der Waals surface area (Å²) in [5.74, 6) is 0. The molecule has 0 saturated carbocycles. The van der Waals surface area contributed by atoms with E-state index in [0.717, 1.165) is 24.2 Å². The van der Waals surface area contributed by atoms with Crippen LogP contribution in [0.5, 0.6) is 0 Å². The summed E-state index contributed by atoms with van der Waals surface area (Å²) < 4.78 is 0. The van der Waals surface area contributed by atoms with Crippen molar-refractivity contribution in [3.05, 3.63) is 47.4 Å². The molecule has 0 aliphatic carbocycles. The van der Waals surface area contributed by atoms with Gasteiger partial charge in [-0.3, -0.25) is 5.32 Å². The lowest BCUT2D eigenvalue weighted by molar-refractivity contribution is 0.384. The molecule has 3 nitrogen and oxygen atoms in total. The topological polar surface area (TPSA) is 28.2 Å². The number of nitrogens with one attached hydrogen (secondary N) is 1. The molecule has 3 heterocycles. The summed E-state index contributed by atoms with van der Waals surface area (Å²) in [6.07, 6.45) is 8.46. The fraction of sp³-hybridized carbons (Fsp3) is 0.250. The van der Waals surface area contributed by atoms with Gasteiger partial charge in [0.15, 0.2) is 0 Å². The van der Waals surface area contributed by atoms with Crippen molar-refractivity contribution in [3.63, 3.8) is 0 Å². The van der Waals surface area contributed by atoms with E-state index in [1.165, 1.54) is 0 Å². The first-order valence-electron chi connectivity index (χ1n) is 5.35. The van der Waals surface area contributed by atoms with Gasteiger partial charge in [-0.05, 0) is 18.2 Å². The van der Waals surface area contributed by atoms with E-state index >= 15 is 0 Å². The monoisotopic (exact) mass is 233 g/mol. The van der Waals surface area contributed by atoms with Gasteiger partial charge < -0.3 is 4.90 Å². The Hall–Kier alpha value is -1.32. The zero-order chi connectivity index (χ0) is 11.0. The highest BCUT2D eigenvalue weighted by Crippen LogP contribution is 2.27. The van der Waals surface area contributed by atoms with E-state index < -0.39 is 0 Å². The second-order valence-corrected chi connectivity index (χ2v) is 4.28. The molecule has 0 aromatic carbocycles. The maximum atomic E-state index is 6.08. The number of nitrogens with zero attached hydrogens (tertiary/aromatic N) is 2. The molecule has 0 spiro atoms. The predicted molar refractivity (Wildman–Crippen MR) is 64.9 cm³/mol. The van der Waals surface area contributed by atoms with Crippen molar-refractivity contribution in [2.24, 2.45) is 0 Å². The largest absolute Gasteiger partial charge is 0.357 e. The first-order valence-corrected chi connectivity index (χ1v) is 5.72. The van der Waals surface area contributed by atoms with Crippen molar-refractivity contribution in [3.8, 4) is 0 Å². The molecule has 0 radical (unpaired) electrons. The maximum Gasteiger partial charge on any atom is 0.136 e. The first-order chi connectivity index (χ1) is 7.84. The number of pyridine rings is 1. The zero-order valence-corrected chi connectivity index (χ0v) is 9.48. The van der Waals surface area contributed by atoms with Gasteiger partial charge in [0.05, 0.1) is 6.17 Å². The highest BCUT2D eigenvalue weighted by molar-refractivity contribution is 6.31. The smallest absolute Gasteiger partial charge is 0.136 e. The minimum atomic E-state index is 0.346. The maximum absolute atomic E-state index is 6.08. The van der Waals surface area contributed by atoms with Gasteiger partial charge in [0.1, 0.15) is 5.15 Å². The Morgan fingerprint density at radius 2 is 2.44 bits per heavy atom. The molecule has 1 aromatic rings. The number of fused-ring (bicyclic) bond motifs is 1. The average molecular weight is 234 g/mol. The van der Waals surface area contributed by atoms with Crippen LogP contribution in [-0.2, 0) is 0 Å². The van der Waals surface area contributed by atoms with Crippen LogP contribution in [-0.4, -0.2) is 29.1 Å². The van der Waals surface area contributed by atoms with Gasteiger partial charge in [0.25, 0.3) is 0 Å². The first kappa shape index (κ1) is 9.87. The molecule has 3 rings (SSSR count). The Morgan fingerprint density at radius 1 is 1.50 bits per heavy atom. The quantitative estimate of drug-likeness (QED) is 0.751. The average Bonchev–Trinajstić information content (AvgIpc) is 2.76. The number of halogens is 1. The van der Waals surface area contributed by atoms with E-state index in [1.807, 2.05) is 12.1 Å². The number of hydrogen-bond acceptors (Lipinski definition) is 3. The zero-order valence-electron chi connectivity index (χ0n) is 8.73. The molecule has 82 valence electrons. The number of allylic oxidation sites excluding steroid dienone is 2. The molecular formula is C12H12ClN3. The van der Waals surface area contributed by atoms with Gasteiger partial charge in [-0.15, -0.1) is 0 Å². The van der Waals surface area contributed by atoms with Gasteiger partial charge in [-0.25, -0.2) is 4.98 Å². The van der Waals surface area contributed by atoms with Gasteiger partial charge >= 0.3 is 0 Å². The van der Waals surface area contributed by atoms with E-state index in [1.54, 1.807) is 6.20 Å². The van der Waals surface area contributed by atoms with E-state index in [0.29, 0.717) is 11.3 Å². The molecule has 2 aliphatic rings. The Balaban J connectivity index is 1.97. The van der Waals surface area contributed by atoms with Crippen molar-refractivity contribution in [1.82, 2.24) is 15.2 Å². The molecule has 1 unspecified atom stereocenters. The van der Waals surface area contributed by atoms with Gasteiger partial charge in [0, 0.05) is 36.6 Å². The fourth-order valence-corrected chi connectivity index (χ4v) is 2.33. The minimum Gasteiger partial charge on any atom is -0.357 e. The van der Waals surface area contributed by atoms with Gasteiger partial charge in [-0.2, -0.15) is 0 Å². The standard InChI is InChI=1S/C12H12ClN3/c13-12-10(2-1-5-15-12)9-3-4-11-14-6-7-16(11)8-9/h1-5,8,11,14H,6-7H2. The van der Waals surface area contributed by atoms with Crippen LogP contribution in [0.3, 0.4) is 0 Å². The van der Waals surface area contributed by atoms with Crippen LogP contribution in [0, 0.1) is 0 Å². The third kappa shape index (κ3) is 1.62. The van der Waals surface area contributed by atoms with Crippen LogP contribution in [0.25, 0.3) is 5.57 Å². The van der Waals surface area contributed by atoms with Crippen molar-refractivity contribution in [1.29, 1.82) is 0 Å². The Morgan fingerprint density at radius 3 is 3.31 bits per heavy atom. The molecule has 1 saturated heterocycles. The highest BCUT2D eigenvalue weighted by atomic mass is 35.5. The van der Waals surface area contributed by atoms with Crippen molar-refractivity contribution in [2.45, 2.75) is 6.17 Å². The lowest BCUT2D eigenvalue weighted by Gasteiger charge is -2.24. The lowest BCUT2D eigenvalue weighted by atomic mass is 10.1. The molecular weight excluding hydrogens is 222 g/mol. The van der Waals surface area contributed by atoms with Crippen molar-refractivity contribution >= 4 is 17.2 Å². The van der Waals surface area contributed by atoms with E-state index in [2.05, 4.69) is 33.6 Å². The van der Waals surface area contributed by atoms with Crippen LogP contribution >= 0.6 is 11.6 Å². The van der Waals surface area contributed by atoms with E-state index in [-0.39, 0.29) is 0 Å². The summed E-state index contributed by atoms with van der Waals surface area (Å²) in [4.78, 5) is 6.37. The normalized spacial score (nSPS) is 23.2. The molecule has 2 aliphatic heterocycles. The molecule has 0 amide bonds. The molecule has 1 fully saturated rings. The third-order valence-electron chi connectivity index (χ3n) is 2.91. The van der Waals surface area contributed by atoms with Crippen LogP contribution in [0.15, 0.2) is 36.7 Å². The minimum absolute atomic E-state index is 0.346. The van der Waals surface area contributed by atoms with E-state index in [4.69, 9.17) is 11.6 Å². The summed E-state index contributed by atoms with van der Waals surface area (Å²) in [7, 11) is 0. The second kappa shape index (κ2) is 3.92.